The molecule has 10 heteroatoms. The number of aliphatic carboxylic acids is 1. The number of nitrogens with zero attached hydrogens (tertiary/aromatic N) is 2. The van der Waals surface area contributed by atoms with Gasteiger partial charge in [-0.2, -0.15) is 0 Å². The van der Waals surface area contributed by atoms with E-state index in [1.807, 2.05) is 56.7 Å². The van der Waals surface area contributed by atoms with Gasteiger partial charge in [-0.1, -0.05) is 37.1 Å². The Kier molecular flexibility index (Phi) is 8.16. The van der Waals surface area contributed by atoms with Crippen molar-refractivity contribution >= 4 is 35.4 Å². The number of carbonyl (C=O) groups excluding carboxylic acids is 1. The van der Waals surface area contributed by atoms with Crippen LogP contribution in [0.3, 0.4) is 0 Å². The van der Waals surface area contributed by atoms with Crippen molar-refractivity contribution in [2.24, 2.45) is 5.92 Å². The number of benzene rings is 1. The molecule has 2 aliphatic rings. The number of hydrogen-bond acceptors (Lipinski definition) is 6. The lowest BCUT2D eigenvalue weighted by molar-refractivity contribution is -0.142. The van der Waals surface area contributed by atoms with Crippen LogP contribution in [0.25, 0.3) is 10.9 Å². The lowest BCUT2D eigenvalue weighted by Gasteiger charge is -2.32. The number of carboxylic acid groups (broad SMARTS) is 1. The van der Waals surface area contributed by atoms with Gasteiger partial charge in [-0.25, -0.2) is 4.98 Å². The fourth-order valence-corrected chi connectivity index (χ4v) is 5.78. The summed E-state index contributed by atoms with van der Waals surface area (Å²) in [6, 6.07) is 10.1. The van der Waals surface area contributed by atoms with Crippen molar-refractivity contribution in [2.45, 2.75) is 90.0 Å². The number of hydrogen-bond donors (Lipinski definition) is 2. The molecule has 0 atom stereocenters. The molecule has 1 aromatic carbocycles. The van der Waals surface area contributed by atoms with Crippen molar-refractivity contribution in [3.05, 3.63) is 53.9 Å². The highest BCUT2D eigenvalue weighted by Gasteiger charge is 2.51. The Balaban J connectivity index is 1.34. The van der Waals surface area contributed by atoms with Crippen LogP contribution in [-0.4, -0.2) is 58.0 Å². The number of carbonyl (C=O) groups is 2. The van der Waals surface area contributed by atoms with Crippen LogP contribution in [0.2, 0.25) is 0 Å². The van der Waals surface area contributed by atoms with E-state index in [1.165, 1.54) is 0 Å². The lowest BCUT2D eigenvalue weighted by atomic mass is 9.79. The molecule has 2 N–H and O–H groups in total. The monoisotopic (exact) mass is 561 g/mol. The smallest absolute Gasteiger partial charge is 0.481 e. The first kappa shape index (κ1) is 29.1. The second-order valence-corrected chi connectivity index (χ2v) is 12.3. The van der Waals surface area contributed by atoms with Crippen molar-refractivity contribution in [2.75, 3.05) is 7.11 Å². The normalized spacial score (nSPS) is 22.2. The minimum atomic E-state index is -0.720. The van der Waals surface area contributed by atoms with Gasteiger partial charge in [-0.3, -0.25) is 9.59 Å². The maximum absolute atomic E-state index is 13.6. The van der Waals surface area contributed by atoms with Gasteiger partial charge in [0.1, 0.15) is 0 Å². The highest BCUT2D eigenvalue weighted by molar-refractivity contribution is 6.62. The number of pyridine rings is 1. The van der Waals surface area contributed by atoms with Crippen molar-refractivity contribution < 1.29 is 28.7 Å². The molecule has 0 unspecified atom stereocenters. The fraction of sp³-hybridized carbons (Fsp3) is 0.516. The Hall–Kier alpha value is -3.37. The second kappa shape index (κ2) is 11.5. The van der Waals surface area contributed by atoms with Gasteiger partial charge in [-0.15, -0.1) is 0 Å². The van der Waals surface area contributed by atoms with E-state index in [2.05, 4.69) is 22.4 Å². The van der Waals surface area contributed by atoms with E-state index in [9.17, 15) is 14.7 Å². The Morgan fingerprint density at radius 3 is 2.27 bits per heavy atom. The third-order valence-corrected chi connectivity index (χ3v) is 8.95. The summed E-state index contributed by atoms with van der Waals surface area (Å²) in [5.74, 6) is -0.715. The largest absolute Gasteiger partial charge is 0.494 e. The predicted molar refractivity (Wildman–Crippen MR) is 158 cm³/mol. The molecule has 3 heterocycles. The molecular weight excluding hydrogens is 521 g/mol. The molecule has 1 saturated heterocycles. The minimum absolute atomic E-state index is 0.000309. The third kappa shape index (κ3) is 5.99. The first-order valence-electron chi connectivity index (χ1n) is 14.5. The quantitative estimate of drug-likeness (QED) is 0.407. The first-order chi connectivity index (χ1) is 19.5. The van der Waals surface area contributed by atoms with Gasteiger partial charge in [0.25, 0.3) is 5.91 Å². The van der Waals surface area contributed by atoms with Gasteiger partial charge in [0.2, 0.25) is 5.88 Å². The molecule has 2 aromatic heterocycles. The predicted octanol–water partition coefficient (Wildman–Crippen LogP) is 4.55. The zero-order valence-corrected chi connectivity index (χ0v) is 24.6. The van der Waals surface area contributed by atoms with Crippen LogP contribution >= 0.6 is 0 Å². The lowest BCUT2D eigenvalue weighted by Crippen LogP contribution is -2.41. The highest BCUT2D eigenvalue weighted by Crippen LogP contribution is 2.36. The number of ether oxygens (including phenoxy) is 1. The number of amides is 1. The zero-order chi connectivity index (χ0) is 29.4. The van der Waals surface area contributed by atoms with E-state index in [-0.39, 0.29) is 17.9 Å². The Bertz CT molecular complexity index is 1390. The average Bonchev–Trinajstić information content (AvgIpc) is 3.42. The van der Waals surface area contributed by atoms with Crippen LogP contribution in [0, 0.1) is 5.92 Å². The molecule has 5 rings (SSSR count). The van der Waals surface area contributed by atoms with Gasteiger partial charge in [0, 0.05) is 25.0 Å². The number of nitrogens with one attached hydrogen (secondary N) is 1. The van der Waals surface area contributed by atoms with E-state index < -0.39 is 24.3 Å². The molecule has 1 aliphatic heterocycles. The van der Waals surface area contributed by atoms with Crippen LogP contribution in [-0.2, 0) is 20.6 Å². The van der Waals surface area contributed by atoms with Gasteiger partial charge in [0.05, 0.1) is 40.7 Å². The number of methoxy groups -OCH3 is 1. The molecule has 1 aliphatic carbocycles. The molecule has 1 amide bonds. The van der Waals surface area contributed by atoms with E-state index >= 15 is 0 Å². The van der Waals surface area contributed by atoms with Crippen LogP contribution < -0.4 is 15.5 Å². The molecule has 0 spiro atoms. The summed E-state index contributed by atoms with van der Waals surface area (Å²) in [5.41, 5.74) is 2.48. The summed E-state index contributed by atoms with van der Waals surface area (Å²) in [4.78, 5) is 29.4. The SMILES string of the molecule is COc1ncc(C(=O)NC2CCCC(C(=O)O)CCC2)c2c1ccn2Cc1ccc(B2OC(C)(C)C(C)(C)O2)cc1. The van der Waals surface area contributed by atoms with Gasteiger partial charge in [0.15, 0.2) is 0 Å². The molecule has 0 bridgehead atoms. The summed E-state index contributed by atoms with van der Waals surface area (Å²) in [6.07, 6.45) is 7.90. The summed E-state index contributed by atoms with van der Waals surface area (Å²) in [7, 11) is 1.15. The fourth-order valence-electron chi connectivity index (χ4n) is 5.78. The highest BCUT2D eigenvalue weighted by atomic mass is 16.7. The van der Waals surface area contributed by atoms with Crippen molar-refractivity contribution in [1.82, 2.24) is 14.9 Å². The van der Waals surface area contributed by atoms with E-state index in [0.717, 1.165) is 47.6 Å². The Morgan fingerprint density at radius 1 is 1.05 bits per heavy atom. The first-order valence-corrected chi connectivity index (χ1v) is 14.5. The summed E-state index contributed by atoms with van der Waals surface area (Å²) in [6.45, 7) is 8.73. The number of rotatable bonds is 7. The standard InChI is InChI=1S/C31H40BN3O6/c1-30(2)31(3,4)41-32(40-30)22-14-12-20(13-15-22)19-35-17-16-24-26(35)25(18-33-28(24)39-5)27(36)34-23-10-6-8-21(29(37)38)9-7-11-23/h12-18,21,23H,6-11,19H2,1-5H3,(H,34,36)(H,37,38). The molecule has 41 heavy (non-hydrogen) atoms. The van der Waals surface area contributed by atoms with Crippen LogP contribution in [0.4, 0.5) is 0 Å². The van der Waals surface area contributed by atoms with Crippen molar-refractivity contribution in [3.63, 3.8) is 0 Å². The molecule has 9 nitrogen and oxygen atoms in total. The molecule has 2 fully saturated rings. The molecular formula is C31H40BN3O6. The van der Waals surface area contributed by atoms with E-state index in [4.69, 9.17) is 14.0 Å². The summed E-state index contributed by atoms with van der Waals surface area (Å²) in [5, 5.41) is 13.3. The van der Waals surface area contributed by atoms with E-state index in [1.54, 1.807) is 13.3 Å². The number of aromatic nitrogens is 2. The van der Waals surface area contributed by atoms with Crippen molar-refractivity contribution in [1.29, 1.82) is 0 Å². The maximum atomic E-state index is 13.6. The zero-order valence-electron chi connectivity index (χ0n) is 24.6. The van der Waals surface area contributed by atoms with E-state index in [0.29, 0.717) is 30.8 Å². The van der Waals surface area contributed by atoms with Gasteiger partial charge >= 0.3 is 13.1 Å². The third-order valence-electron chi connectivity index (χ3n) is 8.95. The Labute approximate surface area is 241 Å². The number of fused-ring (bicyclic) bond motifs is 1. The molecule has 0 radical (unpaired) electrons. The van der Waals surface area contributed by atoms with Crippen LogP contribution in [0.15, 0.2) is 42.7 Å². The van der Waals surface area contributed by atoms with Gasteiger partial charge < -0.3 is 29.0 Å². The maximum Gasteiger partial charge on any atom is 0.494 e. The van der Waals surface area contributed by atoms with Crippen molar-refractivity contribution in [3.8, 4) is 5.88 Å². The number of carboxylic acids is 1. The molecule has 1 saturated carbocycles. The molecule has 3 aromatic rings. The summed E-state index contributed by atoms with van der Waals surface area (Å²) >= 11 is 0. The summed E-state index contributed by atoms with van der Waals surface area (Å²) < 4.78 is 19.9. The van der Waals surface area contributed by atoms with Gasteiger partial charge in [-0.05, 0) is 70.5 Å². The Morgan fingerprint density at radius 2 is 1.68 bits per heavy atom. The molecule has 218 valence electrons. The second-order valence-electron chi connectivity index (χ2n) is 12.3. The average molecular weight is 561 g/mol. The van der Waals surface area contributed by atoms with Crippen LogP contribution in [0.1, 0.15) is 82.1 Å². The topological polar surface area (TPSA) is 112 Å². The van der Waals surface area contributed by atoms with Crippen LogP contribution in [0.5, 0.6) is 5.88 Å². The minimum Gasteiger partial charge on any atom is -0.481 e.